The molecule has 1 aromatic rings. The molecular weight excluding hydrogens is 265 g/mol. The lowest BCUT2D eigenvalue weighted by molar-refractivity contribution is 0.109. The van der Waals surface area contributed by atoms with Gasteiger partial charge in [-0.15, -0.1) is 0 Å². The molecule has 1 aliphatic heterocycles. The van der Waals surface area contributed by atoms with Gasteiger partial charge in [0.2, 0.25) is 0 Å². The molecule has 0 aromatic heterocycles. The highest BCUT2D eigenvalue weighted by molar-refractivity contribution is 5.37. The number of hydrogen-bond acceptors (Lipinski definition) is 2. The lowest BCUT2D eigenvalue weighted by Gasteiger charge is -2.39. The number of nitrogens with zero attached hydrogens (tertiary/aromatic N) is 1. The van der Waals surface area contributed by atoms with E-state index >= 15 is 0 Å². The van der Waals surface area contributed by atoms with Crippen molar-refractivity contribution in [1.82, 2.24) is 4.90 Å². The van der Waals surface area contributed by atoms with Crippen LogP contribution in [-0.4, -0.2) is 29.7 Å². The Balaban J connectivity index is 2.02. The van der Waals surface area contributed by atoms with E-state index in [0.717, 1.165) is 25.2 Å². The van der Waals surface area contributed by atoms with Crippen LogP contribution in [0, 0.1) is 23.1 Å². The molecule has 1 aromatic carbocycles. The second kappa shape index (κ2) is 7.06. The van der Waals surface area contributed by atoms with Gasteiger partial charge in [-0.1, -0.05) is 32.1 Å². The number of piperidine rings is 1. The maximum atomic E-state index is 13.6. The van der Waals surface area contributed by atoms with Gasteiger partial charge in [-0.25, -0.2) is 4.39 Å². The first-order chi connectivity index (χ1) is 10.0. The standard InChI is InChI=1S/C18H24FNO/c1-3-18(2)6-8-20(9-7-18)14-16-11-15(5-4-10-21)12-17(19)13-16/h11-13,21H,3,6-10,14H2,1-2H3. The fourth-order valence-corrected chi connectivity index (χ4v) is 2.82. The molecule has 2 rings (SSSR count). The Bertz CT molecular complexity index is 536. The molecule has 0 bridgehead atoms. The third-order valence-electron chi connectivity index (χ3n) is 4.59. The smallest absolute Gasteiger partial charge is 0.124 e. The molecule has 3 heteroatoms. The molecule has 114 valence electrons. The molecule has 0 atom stereocenters. The van der Waals surface area contributed by atoms with Crippen LogP contribution in [0.1, 0.15) is 44.2 Å². The number of likely N-dealkylation sites (tertiary alicyclic amines) is 1. The quantitative estimate of drug-likeness (QED) is 0.864. The monoisotopic (exact) mass is 289 g/mol. The van der Waals surface area contributed by atoms with Gasteiger partial charge in [0.05, 0.1) is 0 Å². The van der Waals surface area contributed by atoms with Gasteiger partial charge in [-0.2, -0.15) is 0 Å². The molecular formula is C18H24FNO. The van der Waals surface area contributed by atoms with Crippen LogP contribution in [0.25, 0.3) is 0 Å². The van der Waals surface area contributed by atoms with Crippen LogP contribution in [0.15, 0.2) is 18.2 Å². The molecule has 1 fully saturated rings. The Morgan fingerprint density at radius 3 is 2.62 bits per heavy atom. The van der Waals surface area contributed by atoms with Crippen LogP contribution in [0.5, 0.6) is 0 Å². The second-order valence-electron chi connectivity index (χ2n) is 6.25. The predicted molar refractivity (Wildman–Crippen MR) is 83.3 cm³/mol. The summed E-state index contributed by atoms with van der Waals surface area (Å²) in [5.41, 5.74) is 2.06. The fourth-order valence-electron chi connectivity index (χ4n) is 2.82. The van der Waals surface area contributed by atoms with Crippen molar-refractivity contribution < 1.29 is 9.50 Å². The largest absolute Gasteiger partial charge is 0.384 e. The van der Waals surface area contributed by atoms with Gasteiger partial charge in [-0.3, -0.25) is 4.90 Å². The Morgan fingerprint density at radius 2 is 2.00 bits per heavy atom. The van der Waals surface area contributed by atoms with Crippen molar-refractivity contribution in [2.45, 2.75) is 39.7 Å². The molecule has 1 saturated heterocycles. The summed E-state index contributed by atoms with van der Waals surface area (Å²) >= 11 is 0. The maximum absolute atomic E-state index is 13.6. The summed E-state index contributed by atoms with van der Waals surface area (Å²) in [5, 5.41) is 8.72. The molecule has 0 amide bonds. The minimum Gasteiger partial charge on any atom is -0.384 e. The third kappa shape index (κ3) is 4.56. The van der Waals surface area contributed by atoms with Gasteiger partial charge in [-0.05, 0) is 55.1 Å². The van der Waals surface area contributed by atoms with Crippen LogP contribution in [0.2, 0.25) is 0 Å². The third-order valence-corrected chi connectivity index (χ3v) is 4.59. The van der Waals surface area contributed by atoms with Crippen molar-refractivity contribution in [1.29, 1.82) is 0 Å². The summed E-state index contributed by atoms with van der Waals surface area (Å²) in [5.74, 6) is 5.08. The molecule has 1 aliphatic rings. The highest BCUT2D eigenvalue weighted by Crippen LogP contribution is 2.34. The molecule has 0 spiro atoms. The predicted octanol–water partition coefficient (Wildman–Crippen LogP) is 3.18. The topological polar surface area (TPSA) is 23.5 Å². The molecule has 21 heavy (non-hydrogen) atoms. The fraction of sp³-hybridized carbons (Fsp3) is 0.556. The summed E-state index contributed by atoms with van der Waals surface area (Å²) in [7, 11) is 0. The average molecular weight is 289 g/mol. The zero-order valence-corrected chi connectivity index (χ0v) is 13.0. The van der Waals surface area contributed by atoms with E-state index < -0.39 is 0 Å². The van der Waals surface area contributed by atoms with E-state index in [9.17, 15) is 4.39 Å². The molecule has 0 unspecified atom stereocenters. The highest BCUT2D eigenvalue weighted by atomic mass is 19.1. The summed E-state index contributed by atoms with van der Waals surface area (Å²) in [4.78, 5) is 2.38. The summed E-state index contributed by atoms with van der Waals surface area (Å²) < 4.78 is 13.6. The van der Waals surface area contributed by atoms with Crippen molar-refractivity contribution >= 4 is 0 Å². The second-order valence-corrected chi connectivity index (χ2v) is 6.25. The minimum atomic E-state index is -0.259. The molecule has 0 aliphatic carbocycles. The van der Waals surface area contributed by atoms with Gasteiger partial charge in [0.1, 0.15) is 12.4 Å². The number of aliphatic hydroxyl groups is 1. The lowest BCUT2D eigenvalue weighted by Crippen LogP contribution is -2.37. The Labute approximate surface area is 127 Å². The van der Waals surface area contributed by atoms with Crippen molar-refractivity contribution in [3.8, 4) is 11.8 Å². The first-order valence-corrected chi connectivity index (χ1v) is 7.66. The lowest BCUT2D eigenvalue weighted by atomic mass is 9.78. The van der Waals surface area contributed by atoms with E-state index in [1.165, 1.54) is 25.3 Å². The van der Waals surface area contributed by atoms with Crippen LogP contribution < -0.4 is 0 Å². The number of rotatable bonds is 3. The molecule has 1 heterocycles. The van der Waals surface area contributed by atoms with Crippen LogP contribution in [-0.2, 0) is 6.54 Å². The van der Waals surface area contributed by atoms with Crippen molar-refractivity contribution in [2.24, 2.45) is 5.41 Å². The van der Waals surface area contributed by atoms with E-state index in [0.29, 0.717) is 11.0 Å². The molecule has 2 nitrogen and oxygen atoms in total. The van der Waals surface area contributed by atoms with Gasteiger partial charge in [0.15, 0.2) is 0 Å². The minimum absolute atomic E-state index is 0.201. The molecule has 0 saturated carbocycles. The van der Waals surface area contributed by atoms with Crippen molar-refractivity contribution in [3.63, 3.8) is 0 Å². The number of aliphatic hydroxyl groups excluding tert-OH is 1. The van der Waals surface area contributed by atoms with Gasteiger partial charge < -0.3 is 5.11 Å². The van der Waals surface area contributed by atoms with E-state index in [1.54, 1.807) is 6.07 Å². The summed E-state index contributed by atoms with van der Waals surface area (Å²) in [6, 6.07) is 4.91. The molecule has 0 radical (unpaired) electrons. The van der Waals surface area contributed by atoms with Crippen LogP contribution in [0.4, 0.5) is 4.39 Å². The zero-order chi connectivity index (χ0) is 15.3. The normalized spacial score (nSPS) is 18.1. The van der Waals surface area contributed by atoms with Gasteiger partial charge in [0.25, 0.3) is 0 Å². The summed E-state index contributed by atoms with van der Waals surface area (Å²) in [6.07, 6.45) is 3.63. The summed E-state index contributed by atoms with van der Waals surface area (Å²) in [6.45, 7) is 7.32. The zero-order valence-electron chi connectivity index (χ0n) is 13.0. The van der Waals surface area contributed by atoms with Crippen molar-refractivity contribution in [3.05, 3.63) is 35.1 Å². The van der Waals surface area contributed by atoms with Gasteiger partial charge >= 0.3 is 0 Å². The van der Waals surface area contributed by atoms with Gasteiger partial charge in [0, 0.05) is 12.1 Å². The maximum Gasteiger partial charge on any atom is 0.124 e. The van der Waals surface area contributed by atoms with E-state index in [-0.39, 0.29) is 12.4 Å². The van der Waals surface area contributed by atoms with Crippen molar-refractivity contribution in [2.75, 3.05) is 19.7 Å². The van der Waals surface area contributed by atoms with E-state index in [2.05, 4.69) is 30.6 Å². The van der Waals surface area contributed by atoms with E-state index in [1.807, 2.05) is 6.07 Å². The number of hydrogen-bond donors (Lipinski definition) is 1. The number of halogens is 1. The Morgan fingerprint density at radius 1 is 1.29 bits per heavy atom. The first-order valence-electron chi connectivity index (χ1n) is 7.66. The highest BCUT2D eigenvalue weighted by Gasteiger charge is 2.28. The Hall–Kier alpha value is -1.37. The first kappa shape index (κ1) is 16.0. The van der Waals surface area contributed by atoms with Crippen LogP contribution >= 0.6 is 0 Å². The molecule has 1 N–H and O–H groups in total. The average Bonchev–Trinajstić information content (AvgIpc) is 2.47. The Kier molecular flexibility index (Phi) is 5.39. The van der Waals surface area contributed by atoms with Crippen LogP contribution in [0.3, 0.4) is 0 Å². The SMILES string of the molecule is CCC1(C)CCN(Cc2cc(F)cc(C#CCO)c2)CC1. The number of benzene rings is 1. The van der Waals surface area contributed by atoms with E-state index in [4.69, 9.17) is 5.11 Å².